The van der Waals surface area contributed by atoms with E-state index in [0.29, 0.717) is 0 Å². The Hall–Kier alpha value is -2.22. The molecule has 25 heavy (non-hydrogen) atoms. The molecule has 0 fully saturated rings. The van der Waals surface area contributed by atoms with Crippen LogP contribution in [0.3, 0.4) is 0 Å². The lowest BCUT2D eigenvalue weighted by molar-refractivity contribution is -0.137. The van der Waals surface area contributed by atoms with Crippen LogP contribution < -0.4 is 9.46 Å². The number of anilines is 1. The van der Waals surface area contributed by atoms with Gasteiger partial charge in [-0.2, -0.15) is 13.2 Å². The molecule has 0 aliphatic heterocycles. The van der Waals surface area contributed by atoms with Gasteiger partial charge in [0.25, 0.3) is 0 Å². The van der Waals surface area contributed by atoms with Crippen LogP contribution in [0.2, 0.25) is 0 Å². The Balaban J connectivity index is 1.99. The number of sulfonamides is 1. The summed E-state index contributed by atoms with van der Waals surface area (Å²) in [5.41, 5.74) is 1.42. The van der Waals surface area contributed by atoms with E-state index >= 15 is 0 Å². The van der Waals surface area contributed by atoms with Crippen LogP contribution in [0.15, 0.2) is 36.4 Å². The molecule has 0 radical (unpaired) electrons. The SMILES string of the molecule is CS(=O)(=O)Nc1cc2c(cc1Oc1cccc(C(F)(F)F)c1)CCC2. The second-order valence-electron chi connectivity index (χ2n) is 5.97. The van der Waals surface area contributed by atoms with Gasteiger partial charge in [0.2, 0.25) is 10.0 Å². The Morgan fingerprint density at radius 2 is 1.76 bits per heavy atom. The molecule has 0 saturated heterocycles. The fourth-order valence-corrected chi connectivity index (χ4v) is 3.39. The molecule has 4 nitrogen and oxygen atoms in total. The van der Waals surface area contributed by atoms with Crippen molar-refractivity contribution in [1.29, 1.82) is 0 Å². The highest BCUT2D eigenvalue weighted by atomic mass is 32.2. The Morgan fingerprint density at radius 1 is 1.08 bits per heavy atom. The first kappa shape index (κ1) is 17.6. The minimum Gasteiger partial charge on any atom is -0.455 e. The molecule has 0 bridgehead atoms. The van der Waals surface area contributed by atoms with Crippen LogP contribution in [0.25, 0.3) is 0 Å². The molecule has 0 unspecified atom stereocenters. The monoisotopic (exact) mass is 371 g/mol. The lowest BCUT2D eigenvalue weighted by Crippen LogP contribution is -2.11. The van der Waals surface area contributed by atoms with Gasteiger partial charge in [-0.1, -0.05) is 6.07 Å². The van der Waals surface area contributed by atoms with Gasteiger partial charge in [0.05, 0.1) is 17.5 Å². The second kappa shape index (κ2) is 6.25. The first-order valence-corrected chi connectivity index (χ1v) is 9.50. The van der Waals surface area contributed by atoms with Gasteiger partial charge in [-0.15, -0.1) is 0 Å². The molecule has 1 aliphatic carbocycles. The predicted octanol–water partition coefficient (Wildman–Crippen LogP) is 4.36. The van der Waals surface area contributed by atoms with Crippen molar-refractivity contribution in [1.82, 2.24) is 0 Å². The average molecular weight is 371 g/mol. The van der Waals surface area contributed by atoms with E-state index in [0.717, 1.165) is 48.8 Å². The molecule has 0 atom stereocenters. The van der Waals surface area contributed by atoms with E-state index in [1.807, 2.05) is 0 Å². The highest BCUT2D eigenvalue weighted by Crippen LogP contribution is 2.38. The smallest absolute Gasteiger partial charge is 0.416 e. The van der Waals surface area contributed by atoms with E-state index in [4.69, 9.17) is 4.74 Å². The summed E-state index contributed by atoms with van der Waals surface area (Å²) in [7, 11) is -3.55. The molecule has 3 rings (SSSR count). The first-order valence-electron chi connectivity index (χ1n) is 7.60. The third-order valence-electron chi connectivity index (χ3n) is 3.88. The topological polar surface area (TPSA) is 55.4 Å². The first-order chi connectivity index (χ1) is 11.6. The van der Waals surface area contributed by atoms with Crippen LogP contribution in [-0.2, 0) is 29.0 Å². The van der Waals surface area contributed by atoms with E-state index in [-0.39, 0.29) is 17.2 Å². The van der Waals surface area contributed by atoms with E-state index in [1.54, 1.807) is 12.1 Å². The number of hydrogen-bond donors (Lipinski definition) is 1. The number of rotatable bonds is 4. The maximum absolute atomic E-state index is 12.8. The van der Waals surface area contributed by atoms with E-state index in [9.17, 15) is 21.6 Å². The highest BCUT2D eigenvalue weighted by molar-refractivity contribution is 7.92. The maximum Gasteiger partial charge on any atom is 0.416 e. The number of nitrogens with one attached hydrogen (secondary N) is 1. The third-order valence-corrected chi connectivity index (χ3v) is 4.47. The summed E-state index contributed by atoms with van der Waals surface area (Å²) >= 11 is 0. The minimum absolute atomic E-state index is 0.00989. The summed E-state index contributed by atoms with van der Waals surface area (Å²) in [6.45, 7) is 0. The van der Waals surface area contributed by atoms with Crippen LogP contribution in [0.1, 0.15) is 23.1 Å². The fourth-order valence-electron chi connectivity index (χ4n) is 2.83. The lowest BCUT2D eigenvalue weighted by atomic mass is 10.1. The van der Waals surface area contributed by atoms with Crippen LogP contribution >= 0.6 is 0 Å². The van der Waals surface area contributed by atoms with Gasteiger partial charge < -0.3 is 4.74 Å². The van der Waals surface area contributed by atoms with Gasteiger partial charge >= 0.3 is 6.18 Å². The van der Waals surface area contributed by atoms with E-state index < -0.39 is 21.8 Å². The van der Waals surface area contributed by atoms with Crippen LogP contribution in [0.4, 0.5) is 18.9 Å². The number of halogens is 3. The summed E-state index contributed by atoms with van der Waals surface area (Å²) in [6.07, 6.45) is -0.870. The molecular formula is C17H16F3NO3S. The quantitative estimate of drug-likeness (QED) is 0.869. The molecule has 0 spiro atoms. The molecule has 1 N–H and O–H groups in total. The standard InChI is InChI=1S/C17H16F3NO3S/c1-25(22,23)21-15-8-11-4-2-5-12(11)9-16(15)24-14-7-3-6-13(10-14)17(18,19)20/h3,6-10,21H,2,4-5H2,1H3. The van der Waals surface area contributed by atoms with E-state index in [1.165, 1.54) is 12.1 Å². The number of alkyl halides is 3. The van der Waals surface area contributed by atoms with Crippen molar-refractivity contribution in [3.8, 4) is 11.5 Å². The van der Waals surface area contributed by atoms with Crippen LogP contribution in [0, 0.1) is 0 Å². The molecule has 2 aromatic carbocycles. The highest BCUT2D eigenvalue weighted by Gasteiger charge is 2.30. The molecule has 2 aromatic rings. The number of hydrogen-bond acceptors (Lipinski definition) is 3. The Labute approximate surface area is 143 Å². The zero-order chi connectivity index (χ0) is 18.2. The number of aryl methyl sites for hydroxylation is 2. The molecule has 8 heteroatoms. The Bertz CT molecular complexity index is 908. The van der Waals surface area contributed by atoms with Gasteiger partial charge in [0.15, 0.2) is 5.75 Å². The zero-order valence-electron chi connectivity index (χ0n) is 13.4. The second-order valence-corrected chi connectivity index (χ2v) is 7.72. The summed E-state index contributed by atoms with van der Waals surface area (Å²) in [5.74, 6) is 0.176. The third kappa shape index (κ3) is 4.25. The molecule has 1 aliphatic rings. The summed E-state index contributed by atoms with van der Waals surface area (Å²) in [5, 5.41) is 0. The van der Waals surface area contributed by atoms with Gasteiger partial charge in [-0.25, -0.2) is 8.42 Å². The van der Waals surface area contributed by atoms with Gasteiger partial charge in [-0.3, -0.25) is 4.72 Å². The largest absolute Gasteiger partial charge is 0.455 e. The Kier molecular flexibility index (Phi) is 4.40. The number of fused-ring (bicyclic) bond motifs is 1. The predicted molar refractivity (Wildman–Crippen MR) is 88.5 cm³/mol. The fraction of sp³-hybridized carbons (Fsp3) is 0.294. The summed E-state index contributed by atoms with van der Waals surface area (Å²) < 4.78 is 69.6. The number of ether oxygens (including phenoxy) is 1. The van der Waals surface area contributed by atoms with Crippen LogP contribution in [0.5, 0.6) is 11.5 Å². The zero-order valence-corrected chi connectivity index (χ0v) is 14.2. The van der Waals surface area contributed by atoms with Gasteiger partial charge in [-0.05, 0) is 60.7 Å². The average Bonchev–Trinajstić information content (AvgIpc) is 2.92. The van der Waals surface area contributed by atoms with Crippen molar-refractivity contribution >= 4 is 15.7 Å². The molecule has 0 amide bonds. The van der Waals surface area contributed by atoms with Gasteiger partial charge in [0.1, 0.15) is 5.75 Å². The van der Waals surface area contributed by atoms with Crippen molar-refractivity contribution in [2.24, 2.45) is 0 Å². The minimum atomic E-state index is -4.48. The number of benzene rings is 2. The van der Waals surface area contributed by atoms with Crippen molar-refractivity contribution < 1.29 is 26.3 Å². The Morgan fingerprint density at radius 3 is 2.40 bits per heavy atom. The summed E-state index contributed by atoms with van der Waals surface area (Å²) in [4.78, 5) is 0. The van der Waals surface area contributed by atoms with Crippen molar-refractivity contribution in [2.75, 3.05) is 11.0 Å². The summed E-state index contributed by atoms with van der Waals surface area (Å²) in [6, 6.07) is 7.85. The molecule has 0 aromatic heterocycles. The normalized spacial score (nSPS) is 14.2. The van der Waals surface area contributed by atoms with Crippen molar-refractivity contribution in [3.05, 3.63) is 53.1 Å². The van der Waals surface area contributed by atoms with Gasteiger partial charge in [0, 0.05) is 0 Å². The van der Waals surface area contributed by atoms with Crippen molar-refractivity contribution in [2.45, 2.75) is 25.4 Å². The maximum atomic E-state index is 12.8. The molecule has 0 heterocycles. The van der Waals surface area contributed by atoms with E-state index in [2.05, 4.69) is 4.72 Å². The molecule has 134 valence electrons. The van der Waals surface area contributed by atoms with Crippen molar-refractivity contribution in [3.63, 3.8) is 0 Å². The lowest BCUT2D eigenvalue weighted by Gasteiger charge is -2.15. The molecule has 0 saturated carbocycles. The van der Waals surface area contributed by atoms with Crippen LogP contribution in [-0.4, -0.2) is 14.7 Å². The molecular weight excluding hydrogens is 355 g/mol.